The van der Waals surface area contributed by atoms with E-state index in [1.165, 1.54) is 53.6 Å². The van der Waals surface area contributed by atoms with Crippen molar-refractivity contribution in [1.82, 2.24) is 28.9 Å². The number of rotatable bonds is 5. The molecule has 1 amide bonds. The van der Waals surface area contributed by atoms with Crippen LogP contribution in [0.25, 0.3) is 28.3 Å². The summed E-state index contributed by atoms with van der Waals surface area (Å²) in [4.78, 5) is 28.5. The Hall–Kier alpha value is -4.88. The molecule has 0 radical (unpaired) electrons. The molecule has 188 valence electrons. The van der Waals surface area contributed by atoms with Crippen molar-refractivity contribution >= 4 is 11.6 Å². The highest BCUT2D eigenvalue weighted by Crippen LogP contribution is 2.40. The minimum Gasteiger partial charge on any atom is -0.365 e. The molecule has 1 aromatic carbocycles. The van der Waals surface area contributed by atoms with Gasteiger partial charge in [-0.15, -0.1) is 0 Å². The van der Waals surface area contributed by atoms with Gasteiger partial charge < -0.3 is 5.73 Å². The second kappa shape index (κ2) is 8.65. The summed E-state index contributed by atoms with van der Waals surface area (Å²) in [5.41, 5.74) is 0.376. The molecule has 0 saturated carbocycles. The maximum Gasteiger partial charge on any atom is 0.434 e. The van der Waals surface area contributed by atoms with Gasteiger partial charge in [-0.3, -0.25) is 14.0 Å². The Morgan fingerprint density at radius 3 is 2.43 bits per heavy atom. The molecular weight excluding hydrogens is 501 g/mol. The van der Waals surface area contributed by atoms with Gasteiger partial charge >= 0.3 is 6.18 Å². The van der Waals surface area contributed by atoms with Crippen LogP contribution in [-0.4, -0.2) is 34.9 Å². The minimum absolute atomic E-state index is 0.0162. The second-order valence-electron chi connectivity index (χ2n) is 7.74. The molecule has 9 nitrogen and oxygen atoms in total. The molecule has 0 bridgehead atoms. The van der Waals surface area contributed by atoms with Crippen LogP contribution in [0.4, 0.5) is 22.0 Å². The molecule has 0 spiro atoms. The topological polar surface area (TPSA) is 113 Å². The van der Waals surface area contributed by atoms with Crippen molar-refractivity contribution in [2.45, 2.75) is 12.6 Å². The van der Waals surface area contributed by atoms with Crippen molar-refractivity contribution in [2.75, 3.05) is 0 Å². The molecule has 0 aliphatic heterocycles. The van der Waals surface area contributed by atoms with E-state index in [1.54, 1.807) is 0 Å². The third-order valence-corrected chi connectivity index (χ3v) is 5.51. The number of carbonyl (C=O) groups is 1. The lowest BCUT2D eigenvalue weighted by Crippen LogP contribution is -2.22. The molecular formula is C23H14F5N7O2. The minimum atomic E-state index is -5.15. The van der Waals surface area contributed by atoms with Gasteiger partial charge in [-0.2, -0.15) is 23.4 Å². The summed E-state index contributed by atoms with van der Waals surface area (Å²) in [5.74, 6) is -1.48. The number of nitrogens with zero attached hydrogens (tertiary/aromatic N) is 6. The zero-order chi connectivity index (χ0) is 26.5. The van der Waals surface area contributed by atoms with E-state index in [-0.39, 0.29) is 22.6 Å². The summed E-state index contributed by atoms with van der Waals surface area (Å²) in [6.07, 6.45) is -3.00. The number of carbonyl (C=O) groups excluding carboxylic acids is 1. The zero-order valence-corrected chi connectivity index (χ0v) is 18.4. The lowest BCUT2D eigenvalue weighted by molar-refractivity contribution is -0.143. The van der Waals surface area contributed by atoms with Crippen LogP contribution in [0.2, 0.25) is 0 Å². The van der Waals surface area contributed by atoms with E-state index >= 15 is 0 Å². The van der Waals surface area contributed by atoms with Gasteiger partial charge in [0.05, 0.1) is 11.3 Å². The van der Waals surface area contributed by atoms with Gasteiger partial charge in [0.2, 0.25) is 0 Å². The number of hydrogen-bond donors (Lipinski definition) is 1. The lowest BCUT2D eigenvalue weighted by Gasteiger charge is -2.13. The Morgan fingerprint density at radius 1 is 1.00 bits per heavy atom. The van der Waals surface area contributed by atoms with Crippen molar-refractivity contribution < 1.29 is 26.7 Å². The Balaban J connectivity index is 1.83. The fourth-order valence-electron chi connectivity index (χ4n) is 4.00. The van der Waals surface area contributed by atoms with E-state index in [1.807, 2.05) is 0 Å². The number of primary amides is 1. The number of fused-ring (bicyclic) bond motifs is 1. The molecule has 0 unspecified atom stereocenters. The zero-order valence-electron chi connectivity index (χ0n) is 18.4. The normalized spacial score (nSPS) is 11.9. The summed E-state index contributed by atoms with van der Waals surface area (Å²) in [7, 11) is 0. The smallest absolute Gasteiger partial charge is 0.365 e. The van der Waals surface area contributed by atoms with Crippen LogP contribution in [0, 0.1) is 0 Å². The molecule has 0 aliphatic carbocycles. The Bertz CT molecular complexity index is 1710. The highest BCUT2D eigenvalue weighted by atomic mass is 19.4. The van der Waals surface area contributed by atoms with E-state index < -0.39 is 46.6 Å². The van der Waals surface area contributed by atoms with Gasteiger partial charge in [-0.25, -0.2) is 23.1 Å². The SMILES string of the molecule is NC(=O)c1c(-c2ccc(-n3cccn3)c(C(F)F)c2)nn(-c2cccn3c(=O)ccnc23)c1C(F)(F)F. The number of aromatic nitrogens is 6. The van der Waals surface area contributed by atoms with Crippen molar-refractivity contribution in [3.05, 3.63) is 94.4 Å². The summed E-state index contributed by atoms with van der Waals surface area (Å²) in [6, 6.07) is 8.50. The van der Waals surface area contributed by atoms with Crippen molar-refractivity contribution in [3.63, 3.8) is 0 Å². The standard InChI is InChI=1S/C23H14F5N7O2/c24-20(25)13-11-12(4-5-14(13)34-10-2-7-31-34)18-17(21(29)37)19(23(26,27)28)35(32-18)15-3-1-9-33-16(36)6-8-30-22(15)33/h1-11,20H,(H2,29,37). The molecule has 14 heteroatoms. The van der Waals surface area contributed by atoms with E-state index in [4.69, 9.17) is 5.73 Å². The summed E-state index contributed by atoms with van der Waals surface area (Å²) < 4.78 is 73.4. The Kier molecular flexibility index (Phi) is 5.58. The predicted octanol–water partition coefficient (Wildman–Crippen LogP) is 3.79. The summed E-state index contributed by atoms with van der Waals surface area (Å²) in [5, 5.41) is 7.89. The molecule has 2 N–H and O–H groups in total. The summed E-state index contributed by atoms with van der Waals surface area (Å²) >= 11 is 0. The van der Waals surface area contributed by atoms with E-state index in [0.717, 1.165) is 22.7 Å². The van der Waals surface area contributed by atoms with Crippen molar-refractivity contribution in [2.24, 2.45) is 5.73 Å². The largest absolute Gasteiger partial charge is 0.434 e. The van der Waals surface area contributed by atoms with Crippen LogP contribution in [0.15, 0.2) is 72.0 Å². The molecule has 37 heavy (non-hydrogen) atoms. The van der Waals surface area contributed by atoms with Gasteiger partial charge in [-0.05, 0) is 30.3 Å². The highest BCUT2D eigenvalue weighted by Gasteiger charge is 2.43. The number of halogens is 5. The van der Waals surface area contributed by atoms with Gasteiger partial charge in [-0.1, -0.05) is 6.07 Å². The maximum atomic E-state index is 14.3. The molecule has 0 aliphatic rings. The Morgan fingerprint density at radius 2 is 1.78 bits per heavy atom. The maximum absolute atomic E-state index is 14.3. The predicted molar refractivity (Wildman–Crippen MR) is 120 cm³/mol. The number of alkyl halides is 5. The fraction of sp³-hybridized carbons (Fsp3) is 0.0870. The molecule has 5 rings (SSSR count). The Labute approximate surface area is 203 Å². The molecule has 4 aromatic heterocycles. The van der Waals surface area contributed by atoms with Crippen LogP contribution in [0.3, 0.4) is 0 Å². The number of nitrogens with two attached hydrogens (primary N) is 1. The average molecular weight is 515 g/mol. The molecule has 5 aromatic rings. The lowest BCUT2D eigenvalue weighted by atomic mass is 10.0. The average Bonchev–Trinajstić information content (AvgIpc) is 3.52. The number of hydrogen-bond acceptors (Lipinski definition) is 5. The third kappa shape index (κ3) is 4.01. The van der Waals surface area contributed by atoms with Gasteiger partial charge in [0.1, 0.15) is 11.4 Å². The van der Waals surface area contributed by atoms with Gasteiger partial charge in [0.25, 0.3) is 17.9 Å². The van der Waals surface area contributed by atoms with Gasteiger partial charge in [0.15, 0.2) is 11.3 Å². The number of amides is 1. The van der Waals surface area contributed by atoms with Crippen LogP contribution < -0.4 is 11.3 Å². The van der Waals surface area contributed by atoms with E-state index in [9.17, 15) is 31.5 Å². The summed E-state index contributed by atoms with van der Waals surface area (Å²) in [6.45, 7) is 0. The van der Waals surface area contributed by atoms with E-state index in [2.05, 4.69) is 15.2 Å². The first kappa shape index (κ1) is 23.8. The van der Waals surface area contributed by atoms with Crippen LogP contribution >= 0.6 is 0 Å². The first-order valence-electron chi connectivity index (χ1n) is 10.5. The molecule has 0 fully saturated rings. The third-order valence-electron chi connectivity index (χ3n) is 5.51. The van der Waals surface area contributed by atoms with Crippen LogP contribution in [0.5, 0.6) is 0 Å². The number of pyridine rings is 1. The molecule has 0 saturated heterocycles. The first-order valence-corrected chi connectivity index (χ1v) is 10.5. The highest BCUT2D eigenvalue weighted by molar-refractivity contribution is 6.00. The molecule has 4 heterocycles. The number of benzene rings is 1. The molecule has 0 atom stereocenters. The van der Waals surface area contributed by atoms with Gasteiger partial charge in [0, 0.05) is 42.0 Å². The van der Waals surface area contributed by atoms with Crippen molar-refractivity contribution in [1.29, 1.82) is 0 Å². The van der Waals surface area contributed by atoms with Crippen molar-refractivity contribution in [3.8, 4) is 22.6 Å². The van der Waals surface area contributed by atoms with Crippen LogP contribution in [-0.2, 0) is 6.18 Å². The quantitative estimate of drug-likeness (QED) is 0.358. The monoisotopic (exact) mass is 515 g/mol. The van der Waals surface area contributed by atoms with Crippen LogP contribution in [0.1, 0.15) is 28.0 Å². The first-order chi connectivity index (χ1) is 17.6. The van der Waals surface area contributed by atoms with E-state index in [0.29, 0.717) is 4.68 Å². The second-order valence-corrected chi connectivity index (χ2v) is 7.74. The fourth-order valence-corrected chi connectivity index (χ4v) is 4.00.